The number of rotatable bonds is 6. The molecule has 0 aromatic carbocycles. The van der Waals surface area contributed by atoms with Crippen LogP contribution in [0.15, 0.2) is 6.07 Å². The molecule has 9 nitrogen and oxygen atoms in total. The molecule has 0 radical (unpaired) electrons. The number of fused-ring (bicyclic) bond motifs is 1. The van der Waals surface area contributed by atoms with Crippen LogP contribution in [-0.4, -0.2) is 57.8 Å². The van der Waals surface area contributed by atoms with Gasteiger partial charge in [-0.25, -0.2) is 4.79 Å². The smallest absolute Gasteiger partial charge is 0.358 e. The molecule has 0 saturated carbocycles. The maximum Gasteiger partial charge on any atom is 0.358 e. The monoisotopic (exact) mass is 417 g/mol. The molecule has 1 amide bonds. The Hall–Kier alpha value is -2.68. The normalized spacial score (nSPS) is 15.2. The quantitative estimate of drug-likeness (QED) is 0.568. The fraction of sp³-hybridized carbons (Fsp3) is 0.619. The number of hydrogen-bond acceptors (Lipinski definition) is 6. The van der Waals surface area contributed by atoms with E-state index in [1.807, 2.05) is 13.8 Å². The van der Waals surface area contributed by atoms with Gasteiger partial charge in [0.15, 0.2) is 5.69 Å². The van der Waals surface area contributed by atoms with Crippen molar-refractivity contribution in [3.05, 3.63) is 34.4 Å². The minimum absolute atomic E-state index is 0.0792. The molecule has 9 heteroatoms. The second kappa shape index (κ2) is 10.4. The average Bonchev–Trinajstić information content (AvgIpc) is 3.25. The van der Waals surface area contributed by atoms with Crippen molar-refractivity contribution in [3.8, 4) is 0 Å². The van der Waals surface area contributed by atoms with Crippen molar-refractivity contribution in [2.75, 3.05) is 26.4 Å². The highest BCUT2D eigenvalue weighted by atomic mass is 16.5. The Morgan fingerprint density at radius 3 is 2.83 bits per heavy atom. The molecule has 1 aliphatic heterocycles. The predicted octanol–water partition coefficient (Wildman–Crippen LogP) is 1.82. The SMILES string of the molecule is CCn1nc(CCCOC(=O)c2cc(C)n(C)n2)c2c1C(=O)NCCCOCCC2. The molecule has 3 heterocycles. The third-order valence-corrected chi connectivity index (χ3v) is 5.23. The van der Waals surface area contributed by atoms with E-state index >= 15 is 0 Å². The molecule has 1 aliphatic rings. The lowest BCUT2D eigenvalue weighted by atomic mass is 10.0. The van der Waals surface area contributed by atoms with Gasteiger partial charge in [-0.05, 0) is 52.0 Å². The van der Waals surface area contributed by atoms with Crippen molar-refractivity contribution in [2.24, 2.45) is 7.05 Å². The number of esters is 1. The Bertz CT molecular complexity index is 867. The summed E-state index contributed by atoms with van der Waals surface area (Å²) in [5.74, 6) is -0.502. The fourth-order valence-corrected chi connectivity index (χ4v) is 3.55. The number of nitrogens with one attached hydrogen (secondary N) is 1. The summed E-state index contributed by atoms with van der Waals surface area (Å²) in [6, 6.07) is 1.71. The highest BCUT2D eigenvalue weighted by molar-refractivity contribution is 5.94. The third-order valence-electron chi connectivity index (χ3n) is 5.23. The molecule has 1 N–H and O–H groups in total. The van der Waals surface area contributed by atoms with Crippen molar-refractivity contribution in [1.29, 1.82) is 0 Å². The molecular formula is C21H31N5O4. The van der Waals surface area contributed by atoms with Gasteiger partial charge in [0.2, 0.25) is 0 Å². The van der Waals surface area contributed by atoms with Crippen molar-refractivity contribution in [1.82, 2.24) is 24.9 Å². The van der Waals surface area contributed by atoms with Crippen molar-refractivity contribution >= 4 is 11.9 Å². The van der Waals surface area contributed by atoms with E-state index in [9.17, 15) is 9.59 Å². The van der Waals surface area contributed by atoms with Crippen LogP contribution in [0.5, 0.6) is 0 Å². The second-order valence-electron chi connectivity index (χ2n) is 7.45. The molecule has 30 heavy (non-hydrogen) atoms. The maximum absolute atomic E-state index is 12.7. The van der Waals surface area contributed by atoms with Gasteiger partial charge in [-0.15, -0.1) is 0 Å². The Kier molecular flexibility index (Phi) is 7.62. The summed E-state index contributed by atoms with van der Waals surface area (Å²) in [7, 11) is 1.79. The summed E-state index contributed by atoms with van der Waals surface area (Å²) in [5.41, 5.74) is 3.73. The first-order chi connectivity index (χ1) is 14.5. The van der Waals surface area contributed by atoms with E-state index in [1.54, 1.807) is 22.5 Å². The van der Waals surface area contributed by atoms with Gasteiger partial charge in [0.1, 0.15) is 5.69 Å². The van der Waals surface area contributed by atoms with Crippen LogP contribution in [0.1, 0.15) is 64.1 Å². The van der Waals surface area contributed by atoms with Gasteiger partial charge in [0.25, 0.3) is 5.91 Å². The minimum atomic E-state index is -0.423. The van der Waals surface area contributed by atoms with E-state index in [4.69, 9.17) is 9.47 Å². The first-order valence-corrected chi connectivity index (χ1v) is 10.6. The van der Waals surface area contributed by atoms with Crippen molar-refractivity contribution in [3.63, 3.8) is 0 Å². The highest BCUT2D eigenvalue weighted by Crippen LogP contribution is 2.19. The fourth-order valence-electron chi connectivity index (χ4n) is 3.55. The lowest BCUT2D eigenvalue weighted by Crippen LogP contribution is -2.28. The van der Waals surface area contributed by atoms with Crippen molar-refractivity contribution in [2.45, 2.75) is 52.5 Å². The zero-order chi connectivity index (χ0) is 21.5. The van der Waals surface area contributed by atoms with E-state index < -0.39 is 5.97 Å². The Balaban J connectivity index is 1.65. The van der Waals surface area contributed by atoms with Gasteiger partial charge >= 0.3 is 5.97 Å². The maximum atomic E-state index is 12.7. The van der Waals surface area contributed by atoms with Crippen LogP contribution in [-0.2, 0) is 35.9 Å². The van der Waals surface area contributed by atoms with Crippen LogP contribution in [0.25, 0.3) is 0 Å². The first-order valence-electron chi connectivity index (χ1n) is 10.6. The van der Waals surface area contributed by atoms with Crippen LogP contribution in [0.3, 0.4) is 0 Å². The zero-order valence-electron chi connectivity index (χ0n) is 18.1. The lowest BCUT2D eigenvalue weighted by Gasteiger charge is -2.08. The van der Waals surface area contributed by atoms with E-state index in [1.165, 1.54) is 0 Å². The third kappa shape index (κ3) is 5.27. The average molecular weight is 418 g/mol. The van der Waals surface area contributed by atoms with E-state index in [0.717, 1.165) is 36.2 Å². The number of aromatic nitrogens is 4. The van der Waals surface area contributed by atoms with Gasteiger partial charge < -0.3 is 14.8 Å². The number of ether oxygens (including phenoxy) is 2. The highest BCUT2D eigenvalue weighted by Gasteiger charge is 2.23. The van der Waals surface area contributed by atoms with Crippen LogP contribution in [0.2, 0.25) is 0 Å². The summed E-state index contributed by atoms with van der Waals surface area (Å²) in [4.78, 5) is 24.9. The molecule has 2 aromatic heterocycles. The van der Waals surface area contributed by atoms with Gasteiger partial charge in [0, 0.05) is 44.6 Å². The van der Waals surface area contributed by atoms with E-state index in [0.29, 0.717) is 50.5 Å². The molecule has 0 aliphatic carbocycles. The summed E-state index contributed by atoms with van der Waals surface area (Å²) in [6.07, 6.45) is 3.65. The standard InChI is InChI=1S/C21H31N5O4/c1-4-26-19-16(8-5-11-29-12-7-10-22-20(19)27)17(24-26)9-6-13-30-21(28)18-14-15(2)25(3)23-18/h14H,4-13H2,1-3H3,(H,22,27). The Labute approximate surface area is 176 Å². The summed E-state index contributed by atoms with van der Waals surface area (Å²) in [6.45, 7) is 6.68. The predicted molar refractivity (Wildman–Crippen MR) is 111 cm³/mol. The number of carbonyl (C=O) groups excluding carboxylic acids is 2. The van der Waals surface area contributed by atoms with E-state index in [2.05, 4.69) is 15.5 Å². The molecule has 0 atom stereocenters. The summed E-state index contributed by atoms with van der Waals surface area (Å²) >= 11 is 0. The Morgan fingerprint density at radius 2 is 2.10 bits per heavy atom. The van der Waals surface area contributed by atoms with Crippen molar-refractivity contribution < 1.29 is 19.1 Å². The lowest BCUT2D eigenvalue weighted by molar-refractivity contribution is 0.0492. The molecule has 0 bridgehead atoms. The van der Waals surface area contributed by atoms with Gasteiger partial charge in [-0.3, -0.25) is 14.2 Å². The molecule has 164 valence electrons. The van der Waals surface area contributed by atoms with Gasteiger partial charge in [-0.1, -0.05) is 0 Å². The van der Waals surface area contributed by atoms with E-state index in [-0.39, 0.29) is 12.5 Å². The largest absolute Gasteiger partial charge is 0.461 e. The first kappa shape index (κ1) is 22.0. The number of hydrogen-bond donors (Lipinski definition) is 1. The Morgan fingerprint density at radius 1 is 1.30 bits per heavy atom. The molecule has 2 aromatic rings. The zero-order valence-corrected chi connectivity index (χ0v) is 18.1. The number of nitrogens with zero attached hydrogens (tertiary/aromatic N) is 4. The molecule has 0 unspecified atom stereocenters. The molecule has 0 fully saturated rings. The molecule has 0 spiro atoms. The molecule has 3 rings (SSSR count). The van der Waals surface area contributed by atoms with Crippen LogP contribution in [0.4, 0.5) is 0 Å². The topological polar surface area (TPSA) is 100 Å². The van der Waals surface area contributed by atoms with Crippen LogP contribution < -0.4 is 5.32 Å². The molecule has 0 saturated heterocycles. The summed E-state index contributed by atoms with van der Waals surface area (Å²) < 4.78 is 14.4. The minimum Gasteiger partial charge on any atom is -0.461 e. The number of amides is 1. The summed E-state index contributed by atoms with van der Waals surface area (Å²) in [5, 5.41) is 11.8. The second-order valence-corrected chi connectivity index (χ2v) is 7.45. The van der Waals surface area contributed by atoms with Gasteiger partial charge in [-0.2, -0.15) is 10.2 Å². The number of carbonyl (C=O) groups is 2. The number of aryl methyl sites for hydroxylation is 4. The van der Waals surface area contributed by atoms with Gasteiger partial charge in [0.05, 0.1) is 12.3 Å². The molecular weight excluding hydrogens is 386 g/mol. The van der Waals surface area contributed by atoms with Crippen LogP contribution in [0, 0.1) is 6.92 Å². The van der Waals surface area contributed by atoms with Crippen LogP contribution >= 0.6 is 0 Å².